The Hall–Kier alpha value is -2.42. The molecule has 2 heterocycles. The molecule has 0 spiro atoms. The highest BCUT2D eigenvalue weighted by atomic mass is 16.1. The van der Waals surface area contributed by atoms with Gasteiger partial charge >= 0.3 is 0 Å². The van der Waals surface area contributed by atoms with Crippen LogP contribution in [0, 0.1) is 0 Å². The van der Waals surface area contributed by atoms with E-state index in [1.54, 1.807) is 0 Å². The van der Waals surface area contributed by atoms with Gasteiger partial charge < -0.3 is 9.36 Å². The van der Waals surface area contributed by atoms with Gasteiger partial charge in [0.2, 0.25) is 0 Å². The molecule has 23 heavy (non-hydrogen) atoms. The minimum absolute atomic E-state index is 0.672. The Labute approximate surface area is 137 Å². The number of nitrogens with zero attached hydrogens (tertiary/aromatic N) is 2. The zero-order chi connectivity index (χ0) is 16.1. The molecule has 0 aliphatic carbocycles. The lowest BCUT2D eigenvalue weighted by molar-refractivity contribution is -0.107. The Morgan fingerprint density at radius 1 is 1.09 bits per heavy atom. The van der Waals surface area contributed by atoms with Gasteiger partial charge in [-0.05, 0) is 43.0 Å². The Morgan fingerprint density at radius 3 is 2.74 bits per heavy atom. The van der Waals surface area contributed by atoms with Gasteiger partial charge in [-0.2, -0.15) is 0 Å². The maximum absolute atomic E-state index is 10.4. The largest absolute Gasteiger partial charge is 0.343 e. The molecule has 0 unspecified atom stereocenters. The van der Waals surface area contributed by atoms with Crippen LogP contribution in [0.15, 0.2) is 48.8 Å². The lowest BCUT2D eigenvalue weighted by Crippen LogP contribution is -1.95. The molecule has 2 aromatic heterocycles. The second kappa shape index (κ2) is 7.23. The summed E-state index contributed by atoms with van der Waals surface area (Å²) in [6.45, 7) is 0. The standard InChI is InChI=1S/C20H22N2O/c1-22-19-12-6-5-10-17(19)18(11-4-2-3-7-14-23)20(22)16-9-8-13-21-15-16/h5-6,8-10,12-15H,2-4,7,11H2,1H3. The average Bonchev–Trinajstić information content (AvgIpc) is 2.88. The molecular formula is C20H22N2O. The van der Waals surface area contributed by atoms with E-state index in [1.165, 1.54) is 22.2 Å². The van der Waals surface area contributed by atoms with Crippen molar-refractivity contribution in [2.75, 3.05) is 0 Å². The normalized spacial score (nSPS) is 11.0. The van der Waals surface area contributed by atoms with Gasteiger partial charge in [0.05, 0.1) is 5.69 Å². The van der Waals surface area contributed by atoms with Crippen LogP contribution in [0.1, 0.15) is 31.2 Å². The number of hydrogen-bond acceptors (Lipinski definition) is 2. The summed E-state index contributed by atoms with van der Waals surface area (Å²) in [6, 6.07) is 12.7. The number of para-hydroxylation sites is 1. The number of aryl methyl sites for hydroxylation is 2. The van der Waals surface area contributed by atoms with Crippen LogP contribution in [0.25, 0.3) is 22.2 Å². The molecule has 3 nitrogen and oxygen atoms in total. The van der Waals surface area contributed by atoms with E-state index in [2.05, 4.69) is 46.9 Å². The molecule has 0 bridgehead atoms. The van der Waals surface area contributed by atoms with Crippen LogP contribution in [-0.4, -0.2) is 15.8 Å². The summed E-state index contributed by atoms with van der Waals surface area (Å²) in [5.41, 5.74) is 5.07. The first kappa shape index (κ1) is 15.5. The van der Waals surface area contributed by atoms with Gasteiger partial charge in [0, 0.05) is 42.3 Å². The van der Waals surface area contributed by atoms with Crippen molar-refractivity contribution >= 4 is 17.2 Å². The summed E-state index contributed by atoms with van der Waals surface area (Å²) < 4.78 is 2.27. The molecule has 3 rings (SSSR count). The third-order valence-electron chi connectivity index (χ3n) is 4.40. The predicted octanol–water partition coefficient (Wildman–Crippen LogP) is 4.54. The van der Waals surface area contributed by atoms with Crippen LogP contribution >= 0.6 is 0 Å². The van der Waals surface area contributed by atoms with E-state index in [9.17, 15) is 4.79 Å². The Bertz CT molecular complexity index is 790. The molecule has 3 heteroatoms. The number of pyridine rings is 1. The maximum Gasteiger partial charge on any atom is 0.119 e. The van der Waals surface area contributed by atoms with Crippen LogP contribution in [0.4, 0.5) is 0 Å². The van der Waals surface area contributed by atoms with Crippen LogP contribution in [0.3, 0.4) is 0 Å². The number of aromatic nitrogens is 2. The van der Waals surface area contributed by atoms with Crippen molar-refractivity contribution in [1.29, 1.82) is 0 Å². The van der Waals surface area contributed by atoms with Gasteiger partial charge in [-0.25, -0.2) is 0 Å². The molecule has 0 fully saturated rings. The average molecular weight is 306 g/mol. The van der Waals surface area contributed by atoms with Gasteiger partial charge in [-0.15, -0.1) is 0 Å². The first-order valence-electron chi connectivity index (χ1n) is 8.23. The SMILES string of the molecule is Cn1c(-c2cccnc2)c(CCCCCC=O)c2ccccc21. The first-order valence-corrected chi connectivity index (χ1v) is 8.23. The summed E-state index contributed by atoms with van der Waals surface area (Å²) >= 11 is 0. The number of hydrogen-bond donors (Lipinski definition) is 0. The molecule has 0 amide bonds. The number of unbranched alkanes of at least 4 members (excludes halogenated alkanes) is 3. The summed E-state index contributed by atoms with van der Waals surface area (Å²) in [5.74, 6) is 0. The Kier molecular flexibility index (Phi) is 4.86. The van der Waals surface area contributed by atoms with E-state index >= 15 is 0 Å². The molecule has 0 N–H and O–H groups in total. The monoisotopic (exact) mass is 306 g/mol. The molecular weight excluding hydrogens is 284 g/mol. The fourth-order valence-corrected chi connectivity index (χ4v) is 3.30. The summed E-state index contributed by atoms with van der Waals surface area (Å²) in [7, 11) is 2.13. The van der Waals surface area contributed by atoms with E-state index in [4.69, 9.17) is 0 Å². The van der Waals surface area contributed by atoms with Crippen molar-refractivity contribution in [3.63, 3.8) is 0 Å². The molecule has 118 valence electrons. The predicted molar refractivity (Wildman–Crippen MR) is 94.4 cm³/mol. The van der Waals surface area contributed by atoms with Gasteiger partial charge in [0.25, 0.3) is 0 Å². The molecule has 0 atom stereocenters. The van der Waals surface area contributed by atoms with Gasteiger partial charge in [-0.3, -0.25) is 4.98 Å². The topological polar surface area (TPSA) is 34.9 Å². The lowest BCUT2D eigenvalue weighted by Gasteiger charge is -2.08. The number of carbonyl (C=O) groups is 1. The summed E-state index contributed by atoms with van der Waals surface area (Å²) in [6.07, 6.45) is 9.64. The van der Waals surface area contributed by atoms with Gasteiger partial charge in [-0.1, -0.05) is 24.6 Å². The third kappa shape index (κ3) is 3.19. The van der Waals surface area contributed by atoms with Crippen LogP contribution in [-0.2, 0) is 18.3 Å². The highest BCUT2D eigenvalue weighted by Gasteiger charge is 2.15. The molecule has 0 saturated carbocycles. The number of aldehydes is 1. The fourth-order valence-electron chi connectivity index (χ4n) is 3.30. The minimum Gasteiger partial charge on any atom is -0.343 e. The van der Waals surface area contributed by atoms with Crippen LogP contribution in [0.5, 0.6) is 0 Å². The molecule has 1 aromatic carbocycles. The Morgan fingerprint density at radius 2 is 1.96 bits per heavy atom. The van der Waals surface area contributed by atoms with E-state index in [-0.39, 0.29) is 0 Å². The fraction of sp³-hybridized carbons (Fsp3) is 0.300. The first-order chi connectivity index (χ1) is 11.3. The van der Waals surface area contributed by atoms with E-state index < -0.39 is 0 Å². The quantitative estimate of drug-likeness (QED) is 0.474. The third-order valence-corrected chi connectivity index (χ3v) is 4.40. The smallest absolute Gasteiger partial charge is 0.119 e. The Balaban J connectivity index is 1.98. The molecule has 0 aliphatic heterocycles. The van der Waals surface area contributed by atoms with Gasteiger partial charge in [0.1, 0.15) is 6.29 Å². The molecule has 0 radical (unpaired) electrons. The van der Waals surface area contributed by atoms with Crippen molar-refractivity contribution in [3.8, 4) is 11.3 Å². The number of benzene rings is 1. The maximum atomic E-state index is 10.4. The zero-order valence-electron chi connectivity index (χ0n) is 13.5. The van der Waals surface area contributed by atoms with E-state index in [0.29, 0.717) is 6.42 Å². The van der Waals surface area contributed by atoms with Gasteiger partial charge in [0.15, 0.2) is 0 Å². The summed E-state index contributed by atoms with van der Waals surface area (Å²) in [5, 5.41) is 1.32. The number of fused-ring (bicyclic) bond motifs is 1. The molecule has 3 aromatic rings. The lowest BCUT2D eigenvalue weighted by atomic mass is 10.0. The van der Waals surface area contributed by atoms with E-state index in [1.807, 2.05) is 18.5 Å². The van der Waals surface area contributed by atoms with Crippen LogP contribution in [0.2, 0.25) is 0 Å². The second-order valence-corrected chi connectivity index (χ2v) is 5.91. The zero-order valence-corrected chi connectivity index (χ0v) is 13.5. The minimum atomic E-state index is 0.672. The van der Waals surface area contributed by atoms with Crippen molar-refractivity contribution in [2.45, 2.75) is 32.1 Å². The van der Waals surface area contributed by atoms with Crippen molar-refractivity contribution in [1.82, 2.24) is 9.55 Å². The second-order valence-electron chi connectivity index (χ2n) is 5.91. The van der Waals surface area contributed by atoms with Crippen molar-refractivity contribution in [3.05, 3.63) is 54.4 Å². The van der Waals surface area contributed by atoms with Crippen molar-refractivity contribution in [2.24, 2.45) is 7.05 Å². The molecule has 0 saturated heterocycles. The molecule has 0 aliphatic rings. The van der Waals surface area contributed by atoms with E-state index in [0.717, 1.165) is 37.5 Å². The number of rotatable bonds is 7. The highest BCUT2D eigenvalue weighted by Crippen LogP contribution is 2.33. The van der Waals surface area contributed by atoms with Crippen LogP contribution < -0.4 is 0 Å². The highest BCUT2D eigenvalue weighted by molar-refractivity contribution is 5.91. The summed E-state index contributed by atoms with van der Waals surface area (Å²) in [4.78, 5) is 14.7. The van der Waals surface area contributed by atoms with Crippen molar-refractivity contribution < 1.29 is 4.79 Å². The number of carbonyl (C=O) groups excluding carboxylic acids is 1.